The molecule has 6 nitrogen and oxygen atoms in total. The summed E-state index contributed by atoms with van der Waals surface area (Å²) in [6, 6.07) is 20.7. The van der Waals surface area contributed by atoms with Crippen molar-refractivity contribution >= 4 is 39.4 Å². The minimum Gasteiger partial charge on any atom is -0.379 e. The normalized spacial score (nSPS) is 11.5. The van der Waals surface area contributed by atoms with Crippen molar-refractivity contribution in [1.29, 1.82) is 5.26 Å². The second kappa shape index (κ2) is 9.47. The maximum atomic E-state index is 12.5. The highest BCUT2D eigenvalue weighted by molar-refractivity contribution is 7.87. The van der Waals surface area contributed by atoms with E-state index >= 15 is 0 Å². The molecule has 3 aromatic carbocycles. The van der Waals surface area contributed by atoms with Crippen molar-refractivity contribution in [2.45, 2.75) is 11.8 Å². The summed E-state index contributed by atoms with van der Waals surface area (Å²) in [5, 5.41) is 12.5. The zero-order chi connectivity index (χ0) is 22.4. The van der Waals surface area contributed by atoms with E-state index in [0.29, 0.717) is 16.3 Å². The lowest BCUT2D eigenvalue weighted by Crippen LogP contribution is -2.13. The minimum absolute atomic E-state index is 0.0269. The highest BCUT2D eigenvalue weighted by Gasteiger charge is 2.17. The molecule has 0 aromatic heterocycles. The van der Waals surface area contributed by atoms with Crippen LogP contribution in [0.5, 0.6) is 5.75 Å². The first-order chi connectivity index (χ1) is 14.8. The molecule has 0 aliphatic carbocycles. The number of nitrogens with one attached hydrogen (secondary N) is 1. The number of carbonyl (C=O) groups is 1. The maximum absolute atomic E-state index is 12.5. The second-order valence-electron chi connectivity index (χ2n) is 6.55. The van der Waals surface area contributed by atoms with Crippen LogP contribution >= 0.6 is 11.6 Å². The molecule has 0 aliphatic heterocycles. The zero-order valence-corrected chi connectivity index (χ0v) is 17.9. The van der Waals surface area contributed by atoms with Gasteiger partial charge >= 0.3 is 10.1 Å². The third kappa shape index (κ3) is 5.95. The standard InChI is InChI=1S/C23H17ClN2O4S/c1-16-5-11-22(12-6-16)31(28,29)30-21-4-2-3-17(14-21)13-18(15-25)23(27)26-20-9-7-19(24)8-10-20/h2-14H,1H3,(H,26,27)/b18-13-. The van der Waals surface area contributed by atoms with Gasteiger partial charge in [0, 0.05) is 10.7 Å². The molecule has 0 saturated heterocycles. The number of hydrogen-bond acceptors (Lipinski definition) is 5. The predicted octanol–water partition coefficient (Wildman–Crippen LogP) is 4.96. The predicted molar refractivity (Wildman–Crippen MR) is 119 cm³/mol. The number of anilines is 1. The molecule has 0 fully saturated rings. The summed E-state index contributed by atoms with van der Waals surface area (Å²) in [6.07, 6.45) is 1.34. The van der Waals surface area contributed by atoms with Crippen LogP contribution in [0.25, 0.3) is 6.08 Å². The Labute approximate surface area is 185 Å². The first-order valence-corrected chi connectivity index (χ1v) is 10.9. The van der Waals surface area contributed by atoms with Crippen LogP contribution in [0.2, 0.25) is 5.02 Å². The summed E-state index contributed by atoms with van der Waals surface area (Å²) in [6.45, 7) is 1.85. The van der Waals surface area contributed by atoms with Gasteiger partial charge in [-0.3, -0.25) is 4.79 Å². The number of nitrogens with zero attached hydrogens (tertiary/aromatic N) is 1. The Morgan fingerprint density at radius 2 is 1.74 bits per heavy atom. The molecule has 1 amide bonds. The summed E-state index contributed by atoms with van der Waals surface area (Å²) >= 11 is 5.82. The first-order valence-electron chi connectivity index (χ1n) is 9.07. The summed E-state index contributed by atoms with van der Waals surface area (Å²) in [7, 11) is -4.02. The van der Waals surface area contributed by atoms with Gasteiger partial charge in [-0.1, -0.05) is 41.4 Å². The SMILES string of the molecule is Cc1ccc(S(=O)(=O)Oc2cccc(/C=C(/C#N)C(=O)Nc3ccc(Cl)cc3)c2)cc1. The first kappa shape index (κ1) is 22.1. The molecule has 0 bridgehead atoms. The summed E-state index contributed by atoms with van der Waals surface area (Å²) in [4.78, 5) is 12.4. The third-order valence-electron chi connectivity index (χ3n) is 4.15. The van der Waals surface area contributed by atoms with E-state index in [4.69, 9.17) is 15.8 Å². The molecule has 156 valence electrons. The summed E-state index contributed by atoms with van der Waals surface area (Å²) in [5.41, 5.74) is 1.68. The number of hydrogen-bond donors (Lipinski definition) is 1. The lowest BCUT2D eigenvalue weighted by atomic mass is 10.1. The molecular weight excluding hydrogens is 436 g/mol. The van der Waals surface area contributed by atoms with Crippen LogP contribution in [0.15, 0.2) is 83.3 Å². The molecule has 0 unspecified atom stereocenters. The molecule has 0 atom stereocenters. The Morgan fingerprint density at radius 3 is 2.39 bits per heavy atom. The van der Waals surface area contributed by atoms with Crippen molar-refractivity contribution in [3.63, 3.8) is 0 Å². The Hall–Kier alpha value is -3.60. The molecule has 3 aromatic rings. The van der Waals surface area contributed by atoms with E-state index in [0.717, 1.165) is 5.56 Å². The third-order valence-corrected chi connectivity index (χ3v) is 5.67. The second-order valence-corrected chi connectivity index (χ2v) is 8.54. The van der Waals surface area contributed by atoms with Crippen LogP contribution in [0, 0.1) is 18.3 Å². The van der Waals surface area contributed by atoms with Gasteiger partial charge in [0.25, 0.3) is 5.91 Å². The molecule has 0 saturated carbocycles. The highest BCUT2D eigenvalue weighted by Crippen LogP contribution is 2.22. The molecule has 0 spiro atoms. The molecular formula is C23H17ClN2O4S. The van der Waals surface area contributed by atoms with Crippen molar-refractivity contribution in [3.05, 3.63) is 94.5 Å². The van der Waals surface area contributed by atoms with E-state index in [-0.39, 0.29) is 16.2 Å². The molecule has 31 heavy (non-hydrogen) atoms. The van der Waals surface area contributed by atoms with E-state index in [2.05, 4.69) is 5.32 Å². The van der Waals surface area contributed by atoms with Gasteiger partial charge in [0.1, 0.15) is 22.3 Å². The number of carbonyl (C=O) groups excluding carboxylic acids is 1. The van der Waals surface area contributed by atoms with Gasteiger partial charge in [0.2, 0.25) is 0 Å². The van der Waals surface area contributed by atoms with Gasteiger partial charge < -0.3 is 9.50 Å². The number of amides is 1. The quantitative estimate of drug-likeness (QED) is 0.324. The fourth-order valence-corrected chi connectivity index (χ4v) is 3.63. The monoisotopic (exact) mass is 452 g/mol. The molecule has 0 aliphatic rings. The fraction of sp³-hybridized carbons (Fsp3) is 0.0435. The van der Waals surface area contributed by atoms with E-state index in [9.17, 15) is 18.5 Å². The zero-order valence-electron chi connectivity index (χ0n) is 16.4. The molecule has 8 heteroatoms. The topological polar surface area (TPSA) is 96.3 Å². The smallest absolute Gasteiger partial charge is 0.339 e. The van der Waals surface area contributed by atoms with Crippen molar-refractivity contribution in [3.8, 4) is 11.8 Å². The summed E-state index contributed by atoms with van der Waals surface area (Å²) in [5.74, 6) is -0.548. The van der Waals surface area contributed by atoms with E-state index in [1.54, 1.807) is 48.5 Å². The van der Waals surface area contributed by atoms with Crippen LogP contribution in [-0.2, 0) is 14.9 Å². The van der Waals surface area contributed by atoms with Crippen molar-refractivity contribution < 1.29 is 17.4 Å². The number of aryl methyl sites for hydroxylation is 1. The Morgan fingerprint density at radius 1 is 1.06 bits per heavy atom. The van der Waals surface area contributed by atoms with Crippen LogP contribution in [0.3, 0.4) is 0 Å². The molecule has 0 radical (unpaired) electrons. The van der Waals surface area contributed by atoms with Gasteiger partial charge in [0.15, 0.2) is 0 Å². The highest BCUT2D eigenvalue weighted by atomic mass is 35.5. The number of rotatable bonds is 6. The largest absolute Gasteiger partial charge is 0.379 e. The van der Waals surface area contributed by atoms with Gasteiger partial charge in [-0.2, -0.15) is 13.7 Å². The number of nitriles is 1. The number of benzene rings is 3. The van der Waals surface area contributed by atoms with Crippen molar-refractivity contribution in [1.82, 2.24) is 0 Å². The Balaban J connectivity index is 1.80. The fourth-order valence-electron chi connectivity index (χ4n) is 2.58. The molecule has 3 rings (SSSR count). The van der Waals surface area contributed by atoms with Gasteiger partial charge in [0.05, 0.1) is 0 Å². The minimum atomic E-state index is -4.02. The van der Waals surface area contributed by atoms with E-state index in [1.807, 2.05) is 13.0 Å². The van der Waals surface area contributed by atoms with Crippen LogP contribution < -0.4 is 9.50 Å². The number of halogens is 1. The van der Waals surface area contributed by atoms with E-state index < -0.39 is 16.0 Å². The summed E-state index contributed by atoms with van der Waals surface area (Å²) < 4.78 is 30.1. The average molecular weight is 453 g/mol. The van der Waals surface area contributed by atoms with Crippen molar-refractivity contribution in [2.24, 2.45) is 0 Å². The van der Waals surface area contributed by atoms with Crippen LogP contribution in [0.4, 0.5) is 5.69 Å². The van der Waals surface area contributed by atoms with Gasteiger partial charge in [-0.15, -0.1) is 0 Å². The van der Waals surface area contributed by atoms with Gasteiger partial charge in [-0.05, 0) is 67.1 Å². The lowest BCUT2D eigenvalue weighted by molar-refractivity contribution is -0.112. The average Bonchev–Trinajstić information content (AvgIpc) is 2.74. The Bertz CT molecular complexity index is 1280. The Kier molecular flexibility index (Phi) is 6.75. The lowest BCUT2D eigenvalue weighted by Gasteiger charge is -2.08. The van der Waals surface area contributed by atoms with Crippen molar-refractivity contribution in [2.75, 3.05) is 5.32 Å². The van der Waals surface area contributed by atoms with Gasteiger partial charge in [-0.25, -0.2) is 0 Å². The van der Waals surface area contributed by atoms with Crippen LogP contribution in [-0.4, -0.2) is 14.3 Å². The van der Waals surface area contributed by atoms with Crippen LogP contribution in [0.1, 0.15) is 11.1 Å². The maximum Gasteiger partial charge on any atom is 0.339 e. The molecule has 0 heterocycles. The molecule has 1 N–H and O–H groups in total. The van der Waals surface area contributed by atoms with E-state index in [1.165, 1.54) is 30.3 Å².